The molecule has 0 saturated carbocycles. The Labute approximate surface area is 67.6 Å². The summed E-state index contributed by atoms with van der Waals surface area (Å²) in [5, 5.41) is 0. The number of aliphatic imine (C=N–C) groups is 1. The number of nitrogens with two attached hydrogens (primary N) is 1. The van der Waals surface area contributed by atoms with Gasteiger partial charge in [0.1, 0.15) is 6.61 Å². The van der Waals surface area contributed by atoms with Crippen molar-refractivity contribution in [2.75, 3.05) is 6.61 Å². The Morgan fingerprint density at radius 3 is 2.82 bits per heavy atom. The summed E-state index contributed by atoms with van der Waals surface area (Å²) in [4.78, 5) is 4.26. The van der Waals surface area contributed by atoms with Crippen molar-refractivity contribution in [1.82, 2.24) is 0 Å². The van der Waals surface area contributed by atoms with Crippen LogP contribution in [-0.2, 0) is 4.74 Å². The summed E-state index contributed by atoms with van der Waals surface area (Å²) < 4.78 is 5.12. The number of rotatable bonds is 2. The molecule has 0 saturated heterocycles. The molecule has 3 heteroatoms. The van der Waals surface area contributed by atoms with Crippen molar-refractivity contribution >= 4 is 6.02 Å². The second kappa shape index (κ2) is 2.72. The summed E-state index contributed by atoms with van der Waals surface area (Å²) in [6, 6.07) is 0.341. The first-order chi connectivity index (χ1) is 5.08. The highest BCUT2D eigenvalue weighted by molar-refractivity contribution is 5.73. The largest absolute Gasteiger partial charge is 0.463 e. The summed E-state index contributed by atoms with van der Waals surface area (Å²) in [5.74, 6) is 0.531. The third-order valence-electron chi connectivity index (χ3n) is 2.55. The number of nitrogens with zero attached hydrogens (tertiary/aromatic N) is 1. The zero-order chi connectivity index (χ0) is 8.48. The molecule has 1 aliphatic rings. The van der Waals surface area contributed by atoms with Gasteiger partial charge in [-0.1, -0.05) is 20.3 Å². The Kier molecular flexibility index (Phi) is 2.07. The minimum absolute atomic E-state index is 0.0845. The average molecular weight is 156 g/mol. The zero-order valence-corrected chi connectivity index (χ0v) is 7.42. The lowest BCUT2D eigenvalue weighted by Gasteiger charge is -2.24. The van der Waals surface area contributed by atoms with Crippen LogP contribution >= 0.6 is 0 Å². The summed E-state index contributed by atoms with van der Waals surface area (Å²) in [7, 11) is 0. The van der Waals surface area contributed by atoms with Crippen molar-refractivity contribution in [2.45, 2.75) is 32.7 Å². The van der Waals surface area contributed by atoms with Crippen molar-refractivity contribution in [3.05, 3.63) is 0 Å². The highest BCUT2D eigenvalue weighted by atomic mass is 16.5. The number of hydrogen-bond acceptors (Lipinski definition) is 3. The minimum Gasteiger partial charge on any atom is -0.463 e. The van der Waals surface area contributed by atoms with Gasteiger partial charge in [-0.05, 0) is 12.8 Å². The van der Waals surface area contributed by atoms with Crippen LogP contribution in [0.2, 0.25) is 0 Å². The summed E-state index contributed by atoms with van der Waals surface area (Å²) >= 11 is 0. The van der Waals surface area contributed by atoms with E-state index in [2.05, 4.69) is 25.8 Å². The zero-order valence-electron chi connectivity index (χ0n) is 7.42. The first-order valence-electron chi connectivity index (χ1n) is 4.06. The third kappa shape index (κ3) is 1.47. The molecule has 0 fully saturated rings. The Bertz CT molecular complexity index is 179. The van der Waals surface area contributed by atoms with Gasteiger partial charge < -0.3 is 10.5 Å². The van der Waals surface area contributed by atoms with E-state index in [1.165, 1.54) is 0 Å². The highest BCUT2D eigenvalue weighted by Gasteiger charge is 2.35. The predicted octanol–water partition coefficient (Wildman–Crippen LogP) is 1.14. The topological polar surface area (TPSA) is 47.6 Å². The van der Waals surface area contributed by atoms with Crippen LogP contribution in [0.4, 0.5) is 0 Å². The van der Waals surface area contributed by atoms with Crippen LogP contribution in [0.5, 0.6) is 0 Å². The van der Waals surface area contributed by atoms with E-state index in [-0.39, 0.29) is 5.54 Å². The Hall–Kier alpha value is -0.730. The lowest BCUT2D eigenvalue weighted by atomic mass is 9.87. The van der Waals surface area contributed by atoms with E-state index >= 15 is 0 Å². The van der Waals surface area contributed by atoms with Gasteiger partial charge >= 0.3 is 0 Å². The van der Waals surface area contributed by atoms with E-state index in [1.54, 1.807) is 0 Å². The summed E-state index contributed by atoms with van der Waals surface area (Å²) in [6.07, 6.45) is 1.11. The van der Waals surface area contributed by atoms with Crippen molar-refractivity contribution in [3.8, 4) is 0 Å². The van der Waals surface area contributed by atoms with Crippen molar-refractivity contribution in [3.63, 3.8) is 0 Å². The first-order valence-corrected chi connectivity index (χ1v) is 4.06. The van der Waals surface area contributed by atoms with Gasteiger partial charge in [-0.3, -0.25) is 0 Å². The van der Waals surface area contributed by atoms with Crippen LogP contribution in [0.15, 0.2) is 4.99 Å². The highest BCUT2D eigenvalue weighted by Crippen LogP contribution is 2.28. The van der Waals surface area contributed by atoms with E-state index in [9.17, 15) is 0 Å². The fraction of sp³-hybridized carbons (Fsp3) is 0.875. The van der Waals surface area contributed by atoms with E-state index in [0.29, 0.717) is 18.5 Å². The SMILES string of the molecule is CCC(C)C1(C)COC(N)=N1. The minimum atomic E-state index is -0.0845. The van der Waals surface area contributed by atoms with Crippen molar-refractivity contribution < 1.29 is 4.74 Å². The van der Waals surface area contributed by atoms with Gasteiger partial charge in [0.25, 0.3) is 6.02 Å². The van der Waals surface area contributed by atoms with Gasteiger partial charge in [0.05, 0.1) is 5.54 Å². The molecule has 0 amide bonds. The monoisotopic (exact) mass is 156 g/mol. The normalized spacial score (nSPS) is 32.8. The average Bonchev–Trinajstić information content (AvgIpc) is 2.31. The second-order valence-corrected chi connectivity index (χ2v) is 3.41. The molecular formula is C8H16N2O. The van der Waals surface area contributed by atoms with Gasteiger partial charge in [-0.25, -0.2) is 4.99 Å². The van der Waals surface area contributed by atoms with Crippen LogP contribution in [0.1, 0.15) is 27.2 Å². The lowest BCUT2D eigenvalue weighted by molar-refractivity contribution is 0.210. The van der Waals surface area contributed by atoms with Crippen LogP contribution in [0.3, 0.4) is 0 Å². The Morgan fingerprint density at radius 1 is 1.82 bits per heavy atom. The van der Waals surface area contributed by atoms with E-state index in [4.69, 9.17) is 10.5 Å². The van der Waals surface area contributed by atoms with Crippen molar-refractivity contribution in [2.24, 2.45) is 16.6 Å². The molecule has 1 heterocycles. The predicted molar refractivity (Wildman–Crippen MR) is 45.4 cm³/mol. The molecule has 1 rings (SSSR count). The molecule has 2 N–H and O–H groups in total. The summed E-state index contributed by atoms with van der Waals surface area (Å²) in [5.41, 5.74) is 5.35. The molecule has 0 spiro atoms. The Morgan fingerprint density at radius 2 is 2.45 bits per heavy atom. The molecule has 11 heavy (non-hydrogen) atoms. The smallest absolute Gasteiger partial charge is 0.282 e. The lowest BCUT2D eigenvalue weighted by Crippen LogP contribution is -2.31. The molecule has 0 aromatic rings. The van der Waals surface area contributed by atoms with Gasteiger partial charge in [0, 0.05) is 0 Å². The van der Waals surface area contributed by atoms with Crippen LogP contribution < -0.4 is 5.73 Å². The quantitative estimate of drug-likeness (QED) is 0.651. The third-order valence-corrected chi connectivity index (χ3v) is 2.55. The maximum atomic E-state index is 5.43. The molecule has 0 aromatic heterocycles. The van der Waals surface area contributed by atoms with Gasteiger partial charge in [-0.15, -0.1) is 0 Å². The maximum Gasteiger partial charge on any atom is 0.282 e. The van der Waals surface area contributed by atoms with Crippen LogP contribution in [0, 0.1) is 5.92 Å². The molecule has 1 aliphatic heterocycles. The molecule has 3 nitrogen and oxygen atoms in total. The molecule has 0 aliphatic carbocycles. The first kappa shape index (κ1) is 8.37. The molecule has 64 valence electrons. The van der Waals surface area contributed by atoms with Gasteiger partial charge in [0.15, 0.2) is 0 Å². The fourth-order valence-electron chi connectivity index (χ4n) is 1.23. The molecule has 0 radical (unpaired) electrons. The number of ether oxygens (including phenoxy) is 1. The second-order valence-electron chi connectivity index (χ2n) is 3.41. The molecule has 0 aromatic carbocycles. The van der Waals surface area contributed by atoms with Crippen LogP contribution in [-0.4, -0.2) is 18.2 Å². The molecular weight excluding hydrogens is 140 g/mol. The fourth-order valence-corrected chi connectivity index (χ4v) is 1.23. The molecule has 2 unspecified atom stereocenters. The number of amidine groups is 1. The van der Waals surface area contributed by atoms with Gasteiger partial charge in [0.2, 0.25) is 0 Å². The number of hydrogen-bond donors (Lipinski definition) is 1. The molecule has 0 bridgehead atoms. The molecule has 2 atom stereocenters. The van der Waals surface area contributed by atoms with E-state index < -0.39 is 0 Å². The van der Waals surface area contributed by atoms with Crippen LogP contribution in [0.25, 0.3) is 0 Å². The van der Waals surface area contributed by atoms with Gasteiger partial charge in [-0.2, -0.15) is 0 Å². The van der Waals surface area contributed by atoms with E-state index in [1.807, 2.05) is 0 Å². The summed E-state index contributed by atoms with van der Waals surface area (Å²) in [6.45, 7) is 7.04. The van der Waals surface area contributed by atoms with E-state index in [0.717, 1.165) is 6.42 Å². The Balaban J connectivity index is 2.68. The maximum absolute atomic E-state index is 5.43. The van der Waals surface area contributed by atoms with Crippen molar-refractivity contribution in [1.29, 1.82) is 0 Å². The standard InChI is InChI=1S/C8H16N2O/c1-4-6(2)8(3)5-11-7(9)10-8/h6H,4-5H2,1-3H3,(H2,9,10).